The van der Waals surface area contributed by atoms with Crippen molar-refractivity contribution in [2.75, 3.05) is 31.5 Å². The van der Waals surface area contributed by atoms with Gasteiger partial charge in [-0.2, -0.15) is 5.10 Å². The van der Waals surface area contributed by atoms with E-state index in [4.69, 9.17) is 0 Å². The number of amides is 1. The second kappa shape index (κ2) is 8.68. The number of hydrogen-bond donors (Lipinski definition) is 1. The smallest absolute Gasteiger partial charge is 0.260 e. The number of nitrogens with one attached hydrogen (secondary N) is 1. The van der Waals surface area contributed by atoms with Gasteiger partial charge in [0.15, 0.2) is 0 Å². The Morgan fingerprint density at radius 2 is 1.81 bits per heavy atom. The van der Waals surface area contributed by atoms with Gasteiger partial charge in [-0.15, -0.1) is 0 Å². The first-order chi connectivity index (χ1) is 14.6. The van der Waals surface area contributed by atoms with Crippen molar-refractivity contribution in [1.82, 2.24) is 19.6 Å². The van der Waals surface area contributed by atoms with Crippen LogP contribution >= 0.6 is 0 Å². The highest BCUT2D eigenvalue weighted by Crippen LogP contribution is 2.38. The summed E-state index contributed by atoms with van der Waals surface area (Å²) in [6, 6.07) is 0.967. The van der Waals surface area contributed by atoms with Crippen molar-refractivity contribution in [1.29, 1.82) is 0 Å². The molecule has 0 radical (unpaired) electrons. The summed E-state index contributed by atoms with van der Waals surface area (Å²) in [5, 5.41) is 8.02. The third-order valence-electron chi connectivity index (χ3n) is 7.40. The first-order valence-electron chi connectivity index (χ1n) is 11.8. The minimum Gasteiger partial charge on any atom is -0.367 e. The van der Waals surface area contributed by atoms with Gasteiger partial charge in [-0.25, -0.2) is 13.5 Å². The summed E-state index contributed by atoms with van der Waals surface area (Å²) in [7, 11) is 0. The van der Waals surface area contributed by atoms with Crippen LogP contribution in [-0.4, -0.2) is 70.2 Å². The fraction of sp³-hybridized carbons (Fsp3) is 0.826. The predicted octanol–water partition coefficient (Wildman–Crippen LogP) is 3.89. The fourth-order valence-electron chi connectivity index (χ4n) is 5.32. The molecule has 0 unspecified atom stereocenters. The highest BCUT2D eigenvalue weighted by atomic mass is 19.3. The van der Waals surface area contributed by atoms with Gasteiger partial charge >= 0.3 is 0 Å². The largest absolute Gasteiger partial charge is 0.367 e. The summed E-state index contributed by atoms with van der Waals surface area (Å²) in [6.07, 6.45) is 1.98. The number of carbonyl (C=O) groups excluding carboxylic acids is 1. The number of aromatic nitrogens is 2. The molecule has 1 amide bonds. The van der Waals surface area contributed by atoms with Crippen LogP contribution in [0.4, 0.5) is 14.6 Å². The average Bonchev–Trinajstić information content (AvgIpc) is 3.41. The molecule has 2 saturated heterocycles. The number of likely N-dealkylation sites (tertiary alicyclic amines) is 2. The zero-order chi connectivity index (χ0) is 22.3. The van der Waals surface area contributed by atoms with Gasteiger partial charge in [-0.1, -0.05) is 20.8 Å². The van der Waals surface area contributed by atoms with E-state index >= 15 is 0 Å². The van der Waals surface area contributed by atoms with Gasteiger partial charge in [0.2, 0.25) is 5.91 Å². The van der Waals surface area contributed by atoms with Gasteiger partial charge in [0, 0.05) is 30.6 Å². The van der Waals surface area contributed by atoms with Gasteiger partial charge in [0.1, 0.15) is 11.9 Å². The molecule has 0 spiro atoms. The van der Waals surface area contributed by atoms with E-state index in [1.165, 1.54) is 17.5 Å². The normalized spacial score (nSPS) is 26.7. The molecule has 0 saturated carbocycles. The number of piperidine rings is 1. The van der Waals surface area contributed by atoms with E-state index in [0.717, 1.165) is 31.6 Å². The molecule has 4 rings (SSSR count). The van der Waals surface area contributed by atoms with Crippen LogP contribution in [0.1, 0.15) is 71.5 Å². The number of nitrogens with zero attached hydrogens (tertiary/aromatic N) is 4. The van der Waals surface area contributed by atoms with Gasteiger partial charge < -0.3 is 10.2 Å². The molecule has 0 aromatic carbocycles. The first kappa shape index (κ1) is 22.5. The molecule has 0 bridgehead atoms. The van der Waals surface area contributed by atoms with E-state index < -0.39 is 12.5 Å². The van der Waals surface area contributed by atoms with E-state index in [0.29, 0.717) is 25.3 Å². The predicted molar refractivity (Wildman–Crippen MR) is 118 cm³/mol. The molecule has 4 heterocycles. The lowest BCUT2D eigenvalue weighted by atomic mass is 9.84. The van der Waals surface area contributed by atoms with Crippen molar-refractivity contribution in [3.63, 3.8) is 0 Å². The van der Waals surface area contributed by atoms with E-state index in [1.54, 1.807) is 0 Å². The number of hydrogen-bond acceptors (Lipinski definition) is 4. The molecular formula is C23H37F2N5O. The van der Waals surface area contributed by atoms with E-state index in [-0.39, 0.29) is 29.3 Å². The summed E-state index contributed by atoms with van der Waals surface area (Å²) in [5.41, 5.74) is 0.643. The number of carbonyl (C=O) groups is 1. The summed E-state index contributed by atoms with van der Waals surface area (Å²) in [6.45, 7) is 11.6. The molecule has 1 aromatic heterocycles. The van der Waals surface area contributed by atoms with E-state index in [2.05, 4.69) is 15.3 Å². The minimum atomic E-state index is -2.45. The monoisotopic (exact) mass is 437 g/mol. The number of anilines is 1. The molecule has 1 N–H and O–H groups in total. The number of alkyl halides is 2. The second-order valence-corrected chi connectivity index (χ2v) is 10.6. The Morgan fingerprint density at radius 3 is 2.39 bits per heavy atom. The molecule has 0 aliphatic carbocycles. The molecule has 1 aromatic rings. The number of rotatable bonds is 4. The van der Waals surface area contributed by atoms with Crippen LogP contribution in [0.3, 0.4) is 0 Å². The van der Waals surface area contributed by atoms with Crippen molar-refractivity contribution in [2.24, 2.45) is 5.92 Å². The maximum absolute atomic E-state index is 13.9. The van der Waals surface area contributed by atoms with Crippen molar-refractivity contribution < 1.29 is 13.6 Å². The molecule has 6 nitrogen and oxygen atoms in total. The van der Waals surface area contributed by atoms with Crippen LogP contribution in [0.25, 0.3) is 0 Å². The van der Waals surface area contributed by atoms with Crippen molar-refractivity contribution >= 4 is 11.7 Å². The molecule has 3 atom stereocenters. The molecule has 2 fully saturated rings. The summed E-state index contributed by atoms with van der Waals surface area (Å²) >= 11 is 0. The van der Waals surface area contributed by atoms with Gasteiger partial charge in [0.05, 0.1) is 11.7 Å². The van der Waals surface area contributed by atoms with Crippen LogP contribution in [0.2, 0.25) is 0 Å². The highest BCUT2D eigenvalue weighted by molar-refractivity contribution is 5.81. The summed E-state index contributed by atoms with van der Waals surface area (Å²) in [4.78, 5) is 17.2. The molecule has 8 heteroatoms. The van der Waals surface area contributed by atoms with Crippen LogP contribution in [0.15, 0.2) is 6.07 Å². The maximum Gasteiger partial charge on any atom is 0.260 e. The quantitative estimate of drug-likeness (QED) is 0.776. The molecule has 31 heavy (non-hydrogen) atoms. The Hall–Kier alpha value is -1.70. The van der Waals surface area contributed by atoms with Gasteiger partial charge in [-0.05, 0) is 58.0 Å². The Labute approximate surface area is 184 Å². The second-order valence-electron chi connectivity index (χ2n) is 10.6. The zero-order valence-corrected chi connectivity index (χ0v) is 19.3. The molecule has 3 aliphatic heterocycles. The standard InChI is InChI=1S/C23H37F2N5O/c1-15(28-9-5-6-10-28)22(31)29-11-7-16(8-12-29)17-13-18(21(24)25)30-20(26-17)14-19(27-30)23(2,3)4/h14-18,21,26H,5-13H2,1-4H3/t15-,17+,18-/m1/s1. The number of fused-ring (bicyclic) bond motifs is 1. The Kier molecular flexibility index (Phi) is 6.30. The van der Waals surface area contributed by atoms with Crippen molar-refractivity contribution in [3.8, 4) is 0 Å². The SMILES string of the molecule is C[C@H](C(=O)N1CCC([C@@H]2C[C@H](C(F)F)n3nc(C(C)(C)C)cc3N2)CC1)N1CCCC1. The number of halogens is 2. The topological polar surface area (TPSA) is 53.4 Å². The van der Waals surface area contributed by atoms with Crippen molar-refractivity contribution in [2.45, 2.75) is 89.8 Å². The average molecular weight is 438 g/mol. The lowest BCUT2D eigenvalue weighted by Gasteiger charge is -2.41. The lowest BCUT2D eigenvalue weighted by Crippen LogP contribution is -2.51. The fourth-order valence-corrected chi connectivity index (χ4v) is 5.32. The van der Waals surface area contributed by atoms with Crippen LogP contribution in [0.5, 0.6) is 0 Å². The minimum absolute atomic E-state index is 0.00993. The van der Waals surface area contributed by atoms with Crippen molar-refractivity contribution in [3.05, 3.63) is 11.8 Å². The Morgan fingerprint density at radius 1 is 1.16 bits per heavy atom. The van der Waals surface area contributed by atoms with Gasteiger partial charge in [0.25, 0.3) is 6.43 Å². The van der Waals surface area contributed by atoms with Crippen LogP contribution in [-0.2, 0) is 10.2 Å². The Balaban J connectivity index is 1.40. The zero-order valence-electron chi connectivity index (χ0n) is 19.3. The summed E-state index contributed by atoms with van der Waals surface area (Å²) in [5.74, 6) is 1.21. The molecule has 3 aliphatic rings. The van der Waals surface area contributed by atoms with E-state index in [9.17, 15) is 13.6 Å². The third kappa shape index (κ3) is 4.59. The maximum atomic E-state index is 13.9. The molecule has 174 valence electrons. The Bertz CT molecular complexity index is 775. The van der Waals surface area contributed by atoms with Gasteiger partial charge in [-0.3, -0.25) is 9.69 Å². The first-order valence-corrected chi connectivity index (χ1v) is 11.8. The summed E-state index contributed by atoms with van der Waals surface area (Å²) < 4.78 is 29.3. The molecular weight excluding hydrogens is 400 g/mol. The van der Waals surface area contributed by atoms with Crippen LogP contribution < -0.4 is 5.32 Å². The lowest BCUT2D eigenvalue weighted by molar-refractivity contribution is -0.137. The van der Waals surface area contributed by atoms with E-state index in [1.807, 2.05) is 38.7 Å². The van der Waals surface area contributed by atoms with Crippen LogP contribution in [0, 0.1) is 5.92 Å². The third-order valence-corrected chi connectivity index (χ3v) is 7.40. The highest BCUT2D eigenvalue weighted by Gasteiger charge is 2.39.